The average molecular weight is 231 g/mol. The maximum Gasteiger partial charge on any atom is 0.213 e. The van der Waals surface area contributed by atoms with E-state index >= 15 is 0 Å². The SMILES string of the molecule is COc1cc(-c2cc(F)ccc2C=O)ccn1. The van der Waals surface area contributed by atoms with Gasteiger partial charge in [0.2, 0.25) is 5.88 Å². The molecule has 0 N–H and O–H groups in total. The second kappa shape index (κ2) is 4.74. The predicted octanol–water partition coefficient (Wildman–Crippen LogP) is 2.71. The summed E-state index contributed by atoms with van der Waals surface area (Å²) in [5.41, 5.74) is 1.65. The summed E-state index contributed by atoms with van der Waals surface area (Å²) >= 11 is 0. The van der Waals surface area contributed by atoms with E-state index < -0.39 is 0 Å². The van der Waals surface area contributed by atoms with Crippen LogP contribution in [0.1, 0.15) is 10.4 Å². The van der Waals surface area contributed by atoms with Crippen LogP contribution in [0.3, 0.4) is 0 Å². The molecule has 0 saturated heterocycles. The fourth-order valence-corrected chi connectivity index (χ4v) is 1.57. The number of ether oxygens (including phenoxy) is 1. The Labute approximate surface area is 97.9 Å². The molecule has 4 heteroatoms. The number of nitrogens with zero attached hydrogens (tertiary/aromatic N) is 1. The molecular weight excluding hydrogens is 221 g/mol. The smallest absolute Gasteiger partial charge is 0.213 e. The van der Waals surface area contributed by atoms with Gasteiger partial charge in [0.1, 0.15) is 5.82 Å². The highest BCUT2D eigenvalue weighted by molar-refractivity contribution is 5.87. The van der Waals surface area contributed by atoms with Crippen LogP contribution in [-0.2, 0) is 0 Å². The minimum Gasteiger partial charge on any atom is -0.481 e. The number of hydrogen-bond donors (Lipinski definition) is 0. The van der Waals surface area contributed by atoms with Gasteiger partial charge in [-0.2, -0.15) is 0 Å². The quantitative estimate of drug-likeness (QED) is 0.762. The summed E-state index contributed by atoms with van der Waals surface area (Å²) in [5.74, 6) is 0.0324. The highest BCUT2D eigenvalue weighted by Gasteiger charge is 2.07. The van der Waals surface area contributed by atoms with Crippen LogP contribution in [0, 0.1) is 5.82 Å². The number of carbonyl (C=O) groups is 1. The maximum atomic E-state index is 13.2. The first-order valence-electron chi connectivity index (χ1n) is 4.99. The Morgan fingerprint density at radius 1 is 1.29 bits per heavy atom. The zero-order valence-corrected chi connectivity index (χ0v) is 9.18. The van der Waals surface area contributed by atoms with Crippen molar-refractivity contribution in [1.29, 1.82) is 0 Å². The summed E-state index contributed by atoms with van der Waals surface area (Å²) in [6, 6.07) is 7.38. The lowest BCUT2D eigenvalue weighted by Crippen LogP contribution is -1.92. The van der Waals surface area contributed by atoms with Gasteiger partial charge in [0.05, 0.1) is 7.11 Å². The molecule has 0 bridgehead atoms. The van der Waals surface area contributed by atoms with Crippen LogP contribution >= 0.6 is 0 Å². The molecule has 1 aromatic heterocycles. The van der Waals surface area contributed by atoms with E-state index in [9.17, 15) is 9.18 Å². The van der Waals surface area contributed by atoms with Crippen molar-refractivity contribution < 1.29 is 13.9 Å². The largest absolute Gasteiger partial charge is 0.481 e. The Morgan fingerprint density at radius 3 is 2.82 bits per heavy atom. The van der Waals surface area contributed by atoms with Gasteiger partial charge in [0, 0.05) is 17.8 Å². The molecule has 2 aromatic rings. The summed E-state index contributed by atoms with van der Waals surface area (Å²) in [6.07, 6.45) is 2.25. The number of rotatable bonds is 3. The number of pyridine rings is 1. The Kier molecular flexibility index (Phi) is 3.14. The number of methoxy groups -OCH3 is 1. The van der Waals surface area contributed by atoms with E-state index in [4.69, 9.17) is 4.74 Å². The molecule has 0 aliphatic heterocycles. The first-order chi connectivity index (χ1) is 8.24. The summed E-state index contributed by atoms with van der Waals surface area (Å²) in [4.78, 5) is 14.9. The van der Waals surface area contributed by atoms with Crippen molar-refractivity contribution in [3.63, 3.8) is 0 Å². The van der Waals surface area contributed by atoms with Gasteiger partial charge in [-0.05, 0) is 35.4 Å². The summed E-state index contributed by atoms with van der Waals surface area (Å²) in [6.45, 7) is 0. The molecule has 0 aliphatic rings. The van der Waals surface area contributed by atoms with Crippen molar-refractivity contribution in [3.05, 3.63) is 47.9 Å². The number of carbonyl (C=O) groups excluding carboxylic acids is 1. The van der Waals surface area contributed by atoms with Crippen molar-refractivity contribution in [1.82, 2.24) is 4.98 Å². The Hall–Kier alpha value is -2.23. The summed E-state index contributed by atoms with van der Waals surface area (Å²) in [5, 5.41) is 0. The van der Waals surface area contributed by atoms with E-state index in [1.807, 2.05) is 0 Å². The lowest BCUT2D eigenvalue weighted by Gasteiger charge is -2.06. The van der Waals surface area contributed by atoms with Crippen LogP contribution in [0.15, 0.2) is 36.5 Å². The van der Waals surface area contributed by atoms with E-state index in [1.165, 1.54) is 25.3 Å². The van der Waals surface area contributed by atoms with Crippen LogP contribution < -0.4 is 4.74 Å². The van der Waals surface area contributed by atoms with E-state index in [2.05, 4.69) is 4.98 Å². The van der Waals surface area contributed by atoms with Crippen LogP contribution in [0.25, 0.3) is 11.1 Å². The van der Waals surface area contributed by atoms with Gasteiger partial charge in [-0.15, -0.1) is 0 Å². The number of aldehydes is 1. The minimum absolute atomic E-state index is 0.388. The topological polar surface area (TPSA) is 39.2 Å². The van der Waals surface area contributed by atoms with Crippen molar-refractivity contribution >= 4 is 6.29 Å². The number of halogens is 1. The van der Waals surface area contributed by atoms with E-state index in [0.29, 0.717) is 28.9 Å². The lowest BCUT2D eigenvalue weighted by atomic mass is 10.0. The lowest BCUT2D eigenvalue weighted by molar-refractivity contribution is 0.112. The zero-order valence-electron chi connectivity index (χ0n) is 9.18. The maximum absolute atomic E-state index is 13.2. The van der Waals surface area contributed by atoms with Crippen molar-refractivity contribution in [2.75, 3.05) is 7.11 Å². The third-order valence-electron chi connectivity index (χ3n) is 2.40. The molecule has 0 unspecified atom stereocenters. The zero-order chi connectivity index (χ0) is 12.3. The van der Waals surface area contributed by atoms with Gasteiger partial charge in [-0.25, -0.2) is 9.37 Å². The fraction of sp³-hybridized carbons (Fsp3) is 0.0769. The normalized spacial score (nSPS) is 10.0. The second-order valence-electron chi connectivity index (χ2n) is 3.44. The van der Waals surface area contributed by atoms with Gasteiger partial charge in [0.25, 0.3) is 0 Å². The van der Waals surface area contributed by atoms with Crippen LogP contribution in [0.5, 0.6) is 5.88 Å². The van der Waals surface area contributed by atoms with Crippen LogP contribution in [-0.4, -0.2) is 18.4 Å². The van der Waals surface area contributed by atoms with Gasteiger partial charge in [-0.1, -0.05) is 0 Å². The molecule has 0 aliphatic carbocycles. The van der Waals surface area contributed by atoms with Crippen molar-refractivity contribution in [2.24, 2.45) is 0 Å². The number of hydrogen-bond acceptors (Lipinski definition) is 3. The highest BCUT2D eigenvalue weighted by Crippen LogP contribution is 2.25. The van der Waals surface area contributed by atoms with Crippen LogP contribution in [0.4, 0.5) is 4.39 Å². The van der Waals surface area contributed by atoms with E-state index in [1.54, 1.807) is 18.3 Å². The van der Waals surface area contributed by atoms with Crippen LogP contribution in [0.2, 0.25) is 0 Å². The number of aromatic nitrogens is 1. The van der Waals surface area contributed by atoms with Gasteiger partial charge < -0.3 is 4.74 Å². The minimum atomic E-state index is -0.388. The van der Waals surface area contributed by atoms with E-state index in [-0.39, 0.29) is 5.82 Å². The molecule has 86 valence electrons. The highest BCUT2D eigenvalue weighted by atomic mass is 19.1. The third-order valence-corrected chi connectivity index (χ3v) is 2.40. The Bertz CT molecular complexity index is 555. The molecule has 0 atom stereocenters. The molecule has 1 heterocycles. The molecular formula is C13H10FNO2. The predicted molar refractivity (Wildman–Crippen MR) is 61.6 cm³/mol. The van der Waals surface area contributed by atoms with Gasteiger partial charge in [-0.3, -0.25) is 4.79 Å². The van der Waals surface area contributed by atoms with Crippen molar-refractivity contribution in [2.45, 2.75) is 0 Å². The fourth-order valence-electron chi connectivity index (χ4n) is 1.57. The Morgan fingerprint density at radius 2 is 2.12 bits per heavy atom. The molecule has 3 nitrogen and oxygen atoms in total. The monoisotopic (exact) mass is 231 g/mol. The molecule has 0 fully saturated rings. The standard InChI is InChI=1S/C13H10FNO2/c1-17-13-6-9(4-5-15-13)12-7-11(14)3-2-10(12)8-16/h2-8H,1H3. The van der Waals surface area contributed by atoms with Gasteiger partial charge >= 0.3 is 0 Å². The molecule has 0 saturated carbocycles. The summed E-state index contributed by atoms with van der Waals surface area (Å²) in [7, 11) is 1.50. The first kappa shape index (κ1) is 11.3. The average Bonchev–Trinajstić information content (AvgIpc) is 2.39. The first-order valence-corrected chi connectivity index (χ1v) is 4.99. The van der Waals surface area contributed by atoms with Gasteiger partial charge in [0.15, 0.2) is 6.29 Å². The summed E-state index contributed by atoms with van der Waals surface area (Å²) < 4.78 is 18.2. The molecule has 1 aromatic carbocycles. The second-order valence-corrected chi connectivity index (χ2v) is 3.44. The molecule has 0 amide bonds. The third kappa shape index (κ3) is 2.30. The number of benzene rings is 1. The molecule has 0 radical (unpaired) electrons. The molecule has 0 spiro atoms. The Balaban J connectivity index is 2.58. The van der Waals surface area contributed by atoms with Crippen molar-refractivity contribution in [3.8, 4) is 17.0 Å². The molecule has 17 heavy (non-hydrogen) atoms. The van der Waals surface area contributed by atoms with E-state index in [0.717, 1.165) is 0 Å². The molecule has 2 rings (SSSR count).